The first-order valence-corrected chi connectivity index (χ1v) is 7.37. The summed E-state index contributed by atoms with van der Waals surface area (Å²) in [6, 6.07) is 2.32. The average Bonchev–Trinajstić information content (AvgIpc) is 2.94. The Kier molecular flexibility index (Phi) is 3.86. The average molecular weight is 258 g/mol. The molecule has 0 amide bonds. The van der Waals surface area contributed by atoms with Gasteiger partial charge < -0.3 is 9.73 Å². The van der Waals surface area contributed by atoms with Crippen LogP contribution in [0.15, 0.2) is 23.0 Å². The molecular formula is C11H18N2O3S. The SMILES string of the molecule is CN(Cc1ccoc1)S(=O)(=O)CCNC1CC1. The van der Waals surface area contributed by atoms with Crippen molar-refractivity contribution in [1.82, 2.24) is 9.62 Å². The third kappa shape index (κ3) is 3.83. The van der Waals surface area contributed by atoms with Crippen molar-refractivity contribution in [3.63, 3.8) is 0 Å². The molecule has 0 unspecified atom stereocenters. The van der Waals surface area contributed by atoms with Crippen molar-refractivity contribution in [3.8, 4) is 0 Å². The van der Waals surface area contributed by atoms with Crippen LogP contribution in [-0.4, -0.2) is 38.1 Å². The highest BCUT2D eigenvalue weighted by molar-refractivity contribution is 7.89. The summed E-state index contributed by atoms with van der Waals surface area (Å²) >= 11 is 0. The second kappa shape index (κ2) is 5.20. The fourth-order valence-corrected chi connectivity index (χ4v) is 2.61. The van der Waals surface area contributed by atoms with Crippen LogP contribution in [0.1, 0.15) is 18.4 Å². The molecule has 0 atom stereocenters. The molecule has 1 aliphatic rings. The van der Waals surface area contributed by atoms with Crippen molar-refractivity contribution < 1.29 is 12.8 Å². The summed E-state index contributed by atoms with van der Waals surface area (Å²) in [6.07, 6.45) is 5.45. The third-order valence-corrected chi connectivity index (χ3v) is 4.63. The van der Waals surface area contributed by atoms with Gasteiger partial charge in [0.05, 0.1) is 18.3 Å². The van der Waals surface area contributed by atoms with Crippen LogP contribution in [0, 0.1) is 0 Å². The Bertz CT molecular complexity index is 437. The summed E-state index contributed by atoms with van der Waals surface area (Å²) in [7, 11) is -1.58. The van der Waals surface area contributed by atoms with Crippen LogP contribution in [0.2, 0.25) is 0 Å². The highest BCUT2D eigenvalue weighted by atomic mass is 32.2. The van der Waals surface area contributed by atoms with Gasteiger partial charge in [-0.3, -0.25) is 0 Å². The molecule has 0 bridgehead atoms. The molecule has 0 saturated heterocycles. The Morgan fingerprint density at radius 1 is 1.53 bits per heavy atom. The summed E-state index contributed by atoms with van der Waals surface area (Å²) in [5.41, 5.74) is 0.867. The van der Waals surface area contributed by atoms with E-state index in [-0.39, 0.29) is 5.75 Å². The zero-order valence-corrected chi connectivity index (χ0v) is 10.7. The second-order valence-corrected chi connectivity index (χ2v) is 6.63. The van der Waals surface area contributed by atoms with Crippen LogP contribution in [0.25, 0.3) is 0 Å². The Morgan fingerprint density at radius 3 is 2.88 bits per heavy atom. The van der Waals surface area contributed by atoms with Crippen molar-refractivity contribution in [2.45, 2.75) is 25.4 Å². The fourth-order valence-electron chi connectivity index (χ4n) is 1.57. The van der Waals surface area contributed by atoms with Crippen LogP contribution in [0.5, 0.6) is 0 Å². The first-order chi connectivity index (χ1) is 8.08. The van der Waals surface area contributed by atoms with E-state index in [9.17, 15) is 8.42 Å². The van der Waals surface area contributed by atoms with Gasteiger partial charge in [-0.05, 0) is 18.9 Å². The van der Waals surface area contributed by atoms with E-state index in [0.29, 0.717) is 19.1 Å². The summed E-state index contributed by atoms with van der Waals surface area (Å²) in [6.45, 7) is 0.894. The standard InChI is InChI=1S/C11H18N2O3S/c1-13(8-10-4-6-16-9-10)17(14,15)7-5-12-11-2-3-11/h4,6,9,11-12H,2-3,5,7-8H2,1H3. The molecule has 6 heteroatoms. The number of sulfonamides is 1. The van der Waals surface area contributed by atoms with Crippen LogP contribution in [0.4, 0.5) is 0 Å². The van der Waals surface area contributed by atoms with Gasteiger partial charge in [0.2, 0.25) is 10.0 Å². The summed E-state index contributed by atoms with van der Waals surface area (Å²) in [5, 5.41) is 3.20. The lowest BCUT2D eigenvalue weighted by atomic mass is 10.3. The predicted octanol–water partition coefficient (Wildman–Crippen LogP) is 0.793. The molecule has 1 fully saturated rings. The quantitative estimate of drug-likeness (QED) is 0.785. The molecule has 0 spiro atoms. The maximum Gasteiger partial charge on any atom is 0.215 e. The molecule has 1 N–H and O–H groups in total. The molecule has 17 heavy (non-hydrogen) atoms. The molecule has 1 saturated carbocycles. The lowest BCUT2D eigenvalue weighted by molar-refractivity contribution is 0.461. The monoisotopic (exact) mass is 258 g/mol. The number of nitrogens with one attached hydrogen (secondary N) is 1. The normalized spacial score (nSPS) is 16.6. The van der Waals surface area contributed by atoms with Crippen molar-refractivity contribution in [1.29, 1.82) is 0 Å². The lowest BCUT2D eigenvalue weighted by Crippen LogP contribution is -2.33. The van der Waals surface area contributed by atoms with E-state index in [4.69, 9.17) is 4.42 Å². The Hall–Kier alpha value is -0.850. The van der Waals surface area contributed by atoms with Gasteiger partial charge in [-0.2, -0.15) is 0 Å². The van der Waals surface area contributed by atoms with E-state index in [2.05, 4.69) is 5.32 Å². The minimum atomic E-state index is -3.18. The number of nitrogens with zero attached hydrogens (tertiary/aromatic N) is 1. The summed E-state index contributed by atoms with van der Waals surface area (Å²) < 4.78 is 30.1. The molecule has 2 rings (SSSR count). The van der Waals surface area contributed by atoms with Crippen molar-refractivity contribution >= 4 is 10.0 Å². The highest BCUT2D eigenvalue weighted by Gasteiger charge is 2.23. The first kappa shape index (κ1) is 12.6. The maximum atomic E-state index is 11.9. The predicted molar refractivity (Wildman–Crippen MR) is 65.0 cm³/mol. The number of furan rings is 1. The van der Waals surface area contributed by atoms with Crippen LogP contribution in [0.3, 0.4) is 0 Å². The Labute approximate surface area is 102 Å². The minimum absolute atomic E-state index is 0.151. The maximum absolute atomic E-state index is 11.9. The van der Waals surface area contributed by atoms with Crippen molar-refractivity contribution in [3.05, 3.63) is 24.2 Å². The molecule has 1 aliphatic carbocycles. The third-order valence-electron chi connectivity index (χ3n) is 2.83. The Morgan fingerprint density at radius 2 is 2.29 bits per heavy atom. The van der Waals surface area contributed by atoms with Crippen LogP contribution in [-0.2, 0) is 16.6 Å². The molecular weight excluding hydrogens is 240 g/mol. The molecule has 0 aromatic carbocycles. The van der Waals surface area contributed by atoms with Gasteiger partial charge in [0.25, 0.3) is 0 Å². The van der Waals surface area contributed by atoms with E-state index in [0.717, 1.165) is 5.56 Å². The molecule has 5 nitrogen and oxygen atoms in total. The molecule has 0 radical (unpaired) electrons. The summed E-state index contributed by atoms with van der Waals surface area (Å²) in [5.74, 6) is 0.151. The van der Waals surface area contributed by atoms with E-state index in [1.54, 1.807) is 25.6 Å². The molecule has 1 heterocycles. The second-order valence-electron chi connectivity index (χ2n) is 4.43. The largest absolute Gasteiger partial charge is 0.472 e. The molecule has 96 valence electrons. The molecule has 1 aromatic rings. The zero-order chi connectivity index (χ0) is 12.3. The van der Waals surface area contributed by atoms with Crippen molar-refractivity contribution in [2.24, 2.45) is 0 Å². The first-order valence-electron chi connectivity index (χ1n) is 5.76. The van der Waals surface area contributed by atoms with Gasteiger partial charge in [0.1, 0.15) is 0 Å². The van der Waals surface area contributed by atoms with Gasteiger partial charge >= 0.3 is 0 Å². The van der Waals surface area contributed by atoms with E-state index in [1.165, 1.54) is 17.1 Å². The minimum Gasteiger partial charge on any atom is -0.472 e. The van der Waals surface area contributed by atoms with Gasteiger partial charge in [-0.15, -0.1) is 0 Å². The Balaban J connectivity index is 1.80. The molecule has 1 aromatic heterocycles. The highest BCUT2D eigenvalue weighted by Crippen LogP contribution is 2.18. The number of hydrogen-bond donors (Lipinski definition) is 1. The number of hydrogen-bond acceptors (Lipinski definition) is 4. The van der Waals surface area contributed by atoms with Gasteiger partial charge in [0.15, 0.2) is 0 Å². The van der Waals surface area contributed by atoms with Crippen LogP contribution < -0.4 is 5.32 Å². The van der Waals surface area contributed by atoms with Gasteiger partial charge in [-0.25, -0.2) is 12.7 Å². The van der Waals surface area contributed by atoms with E-state index >= 15 is 0 Å². The topological polar surface area (TPSA) is 62.6 Å². The summed E-state index contributed by atoms with van der Waals surface area (Å²) in [4.78, 5) is 0. The van der Waals surface area contributed by atoms with Gasteiger partial charge in [0, 0.05) is 31.7 Å². The fraction of sp³-hybridized carbons (Fsp3) is 0.636. The zero-order valence-electron chi connectivity index (χ0n) is 9.93. The van der Waals surface area contributed by atoms with E-state index in [1.807, 2.05) is 0 Å². The number of rotatable bonds is 7. The van der Waals surface area contributed by atoms with Crippen molar-refractivity contribution in [2.75, 3.05) is 19.3 Å². The van der Waals surface area contributed by atoms with E-state index < -0.39 is 10.0 Å². The lowest BCUT2D eigenvalue weighted by Gasteiger charge is -2.16. The van der Waals surface area contributed by atoms with Gasteiger partial charge in [-0.1, -0.05) is 0 Å². The van der Waals surface area contributed by atoms with Crippen LogP contribution >= 0.6 is 0 Å². The smallest absolute Gasteiger partial charge is 0.215 e. The molecule has 0 aliphatic heterocycles.